The summed E-state index contributed by atoms with van der Waals surface area (Å²) < 4.78 is 38.9. The first-order chi connectivity index (χ1) is 13.9. The number of nitrogens with zero attached hydrogens (tertiary/aromatic N) is 5. The Hall–Kier alpha value is -3.83. The van der Waals surface area contributed by atoms with Gasteiger partial charge in [0.05, 0.1) is 22.9 Å². The molecule has 1 heterocycles. The number of hydrogen-bond acceptors (Lipinski definition) is 7. The molecule has 0 aliphatic carbocycles. The molecule has 0 unspecified atom stereocenters. The first-order valence-corrected chi connectivity index (χ1v) is 8.72. The van der Waals surface area contributed by atoms with Crippen LogP contribution >= 0.6 is 11.8 Å². The quantitative estimate of drug-likeness (QED) is 0.602. The number of hydrogen-bond donors (Lipinski definition) is 2. The van der Waals surface area contributed by atoms with Gasteiger partial charge < -0.3 is 5.32 Å². The highest BCUT2D eigenvalue weighted by Crippen LogP contribution is 2.37. The first-order valence-electron chi connectivity index (χ1n) is 7.90. The highest BCUT2D eigenvalue weighted by molar-refractivity contribution is 7.99. The summed E-state index contributed by atoms with van der Waals surface area (Å²) in [6.45, 7) is 0. The first kappa shape index (κ1) is 19.9. The lowest BCUT2D eigenvalue weighted by atomic mass is 10.2. The number of H-pyrrole nitrogens is 1. The monoisotopic (exact) mass is 413 g/mol. The second-order valence-corrected chi connectivity index (χ2v) is 6.62. The van der Waals surface area contributed by atoms with Crippen molar-refractivity contribution in [1.82, 2.24) is 20.6 Å². The summed E-state index contributed by atoms with van der Waals surface area (Å²) in [5.41, 5.74) is 0.0978. The van der Waals surface area contributed by atoms with Gasteiger partial charge in [-0.25, -0.2) is 0 Å². The average molecular weight is 413 g/mol. The summed E-state index contributed by atoms with van der Waals surface area (Å²) in [6, 6.07) is 13.5. The zero-order valence-corrected chi connectivity index (χ0v) is 15.2. The van der Waals surface area contributed by atoms with Gasteiger partial charge in [-0.1, -0.05) is 17.8 Å². The van der Waals surface area contributed by atoms with Gasteiger partial charge in [0.2, 0.25) is 5.82 Å². The van der Waals surface area contributed by atoms with Crippen LogP contribution in [0, 0.1) is 22.7 Å². The van der Waals surface area contributed by atoms with Crippen molar-refractivity contribution in [3.8, 4) is 12.1 Å². The van der Waals surface area contributed by atoms with Crippen LogP contribution in [0.1, 0.15) is 17.0 Å². The van der Waals surface area contributed by atoms with Gasteiger partial charge in [-0.2, -0.15) is 28.9 Å². The number of alkyl halides is 3. The van der Waals surface area contributed by atoms with Crippen LogP contribution in [-0.4, -0.2) is 20.6 Å². The van der Waals surface area contributed by atoms with E-state index in [0.29, 0.717) is 21.0 Å². The molecule has 0 radical (unpaired) electrons. The average Bonchev–Trinajstić information content (AvgIpc) is 3.24. The molecule has 144 valence electrons. The van der Waals surface area contributed by atoms with Crippen molar-refractivity contribution in [2.75, 3.05) is 5.32 Å². The van der Waals surface area contributed by atoms with Gasteiger partial charge in [0.1, 0.15) is 11.6 Å². The van der Waals surface area contributed by atoms with Gasteiger partial charge in [0.15, 0.2) is 0 Å². The van der Waals surface area contributed by atoms with Crippen molar-refractivity contribution in [1.29, 1.82) is 10.5 Å². The maximum atomic E-state index is 13.0. The standard InChI is InChI=1S/C18H10F3N7S/c19-18(20,21)13-2-1-3-14(7-13)29-16-5-4-11(8-22)6-15(16)24-10-12(9-23)17-25-27-28-26-17/h1-7,10,24H,(H,25,26,27,28). The number of tetrazole rings is 1. The molecule has 0 atom stereocenters. The van der Waals surface area contributed by atoms with E-state index in [-0.39, 0.29) is 11.4 Å². The van der Waals surface area contributed by atoms with E-state index >= 15 is 0 Å². The largest absolute Gasteiger partial charge is 0.416 e. The molecule has 3 rings (SSSR count). The highest BCUT2D eigenvalue weighted by atomic mass is 32.2. The summed E-state index contributed by atoms with van der Waals surface area (Å²) in [6.07, 6.45) is -3.12. The zero-order valence-electron chi connectivity index (χ0n) is 14.4. The summed E-state index contributed by atoms with van der Waals surface area (Å²) in [4.78, 5) is 0.931. The minimum absolute atomic E-state index is 0.0727. The Morgan fingerprint density at radius 3 is 2.66 bits per heavy atom. The van der Waals surface area contributed by atoms with E-state index < -0.39 is 11.7 Å². The molecular weight excluding hydrogens is 403 g/mol. The van der Waals surface area contributed by atoms with Crippen molar-refractivity contribution >= 4 is 23.0 Å². The van der Waals surface area contributed by atoms with Crippen LogP contribution in [0.5, 0.6) is 0 Å². The molecule has 7 nitrogen and oxygen atoms in total. The number of allylic oxidation sites excluding steroid dienone is 1. The normalized spacial score (nSPS) is 11.6. The fourth-order valence-corrected chi connectivity index (χ4v) is 3.19. The maximum absolute atomic E-state index is 13.0. The van der Waals surface area contributed by atoms with Crippen LogP contribution < -0.4 is 5.32 Å². The molecule has 2 N–H and O–H groups in total. The van der Waals surface area contributed by atoms with E-state index in [4.69, 9.17) is 5.26 Å². The maximum Gasteiger partial charge on any atom is 0.416 e. The number of nitrogens with one attached hydrogen (secondary N) is 2. The van der Waals surface area contributed by atoms with Crippen molar-refractivity contribution < 1.29 is 13.2 Å². The predicted molar refractivity (Wildman–Crippen MR) is 98.1 cm³/mol. The van der Waals surface area contributed by atoms with Gasteiger partial charge in [-0.15, -0.1) is 10.2 Å². The third-order valence-electron chi connectivity index (χ3n) is 3.58. The van der Waals surface area contributed by atoms with Gasteiger partial charge in [-0.3, -0.25) is 0 Å². The molecule has 2 aromatic carbocycles. The zero-order chi connectivity index (χ0) is 20.9. The third-order valence-corrected chi connectivity index (χ3v) is 4.64. The van der Waals surface area contributed by atoms with Crippen molar-refractivity contribution in [3.05, 3.63) is 65.6 Å². The number of benzene rings is 2. The molecule has 0 fully saturated rings. The number of nitriles is 2. The molecule has 0 aliphatic rings. The lowest BCUT2D eigenvalue weighted by Gasteiger charge is -2.12. The second-order valence-electron chi connectivity index (χ2n) is 5.50. The van der Waals surface area contributed by atoms with Gasteiger partial charge in [-0.05, 0) is 41.6 Å². The predicted octanol–water partition coefficient (Wildman–Crippen LogP) is 4.22. The van der Waals surface area contributed by atoms with E-state index in [1.807, 2.05) is 12.1 Å². The number of aromatic amines is 1. The van der Waals surface area contributed by atoms with Gasteiger partial charge >= 0.3 is 6.18 Å². The Morgan fingerprint density at radius 1 is 1.17 bits per heavy atom. The number of halogens is 3. The Labute approximate surface area is 166 Å². The number of anilines is 1. The fourth-order valence-electron chi connectivity index (χ4n) is 2.24. The summed E-state index contributed by atoms with van der Waals surface area (Å²) in [5.74, 6) is 0.0727. The lowest BCUT2D eigenvalue weighted by Crippen LogP contribution is -2.04. The Bertz CT molecular complexity index is 1130. The molecule has 11 heteroatoms. The van der Waals surface area contributed by atoms with Crippen molar-refractivity contribution in [2.24, 2.45) is 0 Å². The second kappa shape index (κ2) is 8.46. The van der Waals surface area contributed by atoms with Crippen LogP contribution in [0.3, 0.4) is 0 Å². The number of aromatic nitrogens is 4. The lowest BCUT2D eigenvalue weighted by molar-refractivity contribution is -0.137. The van der Waals surface area contributed by atoms with Crippen LogP contribution in [0.4, 0.5) is 18.9 Å². The fraction of sp³-hybridized carbons (Fsp3) is 0.0556. The molecule has 0 amide bonds. The molecule has 0 spiro atoms. The van der Waals surface area contributed by atoms with E-state index in [2.05, 4.69) is 25.9 Å². The van der Waals surface area contributed by atoms with Crippen molar-refractivity contribution in [3.63, 3.8) is 0 Å². The van der Waals surface area contributed by atoms with Crippen molar-refractivity contribution in [2.45, 2.75) is 16.0 Å². The van der Waals surface area contributed by atoms with Crippen LogP contribution in [0.2, 0.25) is 0 Å². The molecule has 0 bridgehead atoms. The highest BCUT2D eigenvalue weighted by Gasteiger charge is 2.30. The van der Waals surface area contributed by atoms with E-state index in [0.717, 1.165) is 23.9 Å². The van der Waals surface area contributed by atoms with Crippen LogP contribution in [0.15, 0.2) is 58.5 Å². The molecule has 0 saturated carbocycles. The van der Waals surface area contributed by atoms with E-state index in [1.165, 1.54) is 18.3 Å². The smallest absolute Gasteiger partial charge is 0.359 e. The van der Waals surface area contributed by atoms with Gasteiger partial charge in [0.25, 0.3) is 0 Å². The van der Waals surface area contributed by atoms with Crippen LogP contribution in [-0.2, 0) is 6.18 Å². The van der Waals surface area contributed by atoms with Crippen LogP contribution in [0.25, 0.3) is 5.57 Å². The molecule has 0 saturated heterocycles. The van der Waals surface area contributed by atoms with Gasteiger partial charge in [0, 0.05) is 16.0 Å². The topological polar surface area (TPSA) is 114 Å². The molecule has 1 aromatic heterocycles. The third kappa shape index (κ3) is 4.91. The minimum atomic E-state index is -4.45. The summed E-state index contributed by atoms with van der Waals surface area (Å²) in [5, 5.41) is 34.3. The summed E-state index contributed by atoms with van der Waals surface area (Å²) in [7, 11) is 0. The molecular formula is C18H10F3N7S. The number of rotatable bonds is 5. The molecule has 3 aromatic rings. The van der Waals surface area contributed by atoms with E-state index in [9.17, 15) is 18.4 Å². The van der Waals surface area contributed by atoms with E-state index in [1.54, 1.807) is 18.2 Å². The molecule has 0 aliphatic heterocycles. The molecule has 29 heavy (non-hydrogen) atoms. The Balaban J connectivity index is 1.93. The Kier molecular flexibility index (Phi) is 5.81. The Morgan fingerprint density at radius 2 is 2.00 bits per heavy atom. The SMILES string of the molecule is N#CC(=CNc1cc(C#N)ccc1Sc1cccc(C(F)(F)F)c1)c1nn[nH]n1. The summed E-state index contributed by atoms with van der Waals surface area (Å²) >= 11 is 1.09. The minimum Gasteiger partial charge on any atom is -0.359 e.